The zero-order valence-corrected chi connectivity index (χ0v) is 11.7. The van der Waals surface area contributed by atoms with Gasteiger partial charge in [-0.05, 0) is 17.5 Å². The number of aliphatic carboxylic acids is 1. The van der Waals surface area contributed by atoms with E-state index in [-0.39, 0.29) is 6.54 Å². The van der Waals surface area contributed by atoms with Gasteiger partial charge in [0.05, 0.1) is 6.54 Å². The molecule has 0 bridgehead atoms. The molecule has 6 heteroatoms. The molecule has 20 heavy (non-hydrogen) atoms. The molecule has 3 N–H and O–H groups in total. The van der Waals surface area contributed by atoms with E-state index < -0.39 is 18.1 Å². The number of aryl methyl sites for hydroxylation is 1. The Hall–Kier alpha value is -2.08. The minimum Gasteiger partial charge on any atom is -0.479 e. The average molecular weight is 280 g/mol. The number of amides is 2. The number of nitrogens with one attached hydrogen (secondary N) is 2. The first-order chi connectivity index (χ1) is 9.58. The molecular formula is C14H20N2O4. The molecule has 0 aromatic heterocycles. The largest absolute Gasteiger partial charge is 0.479 e. The van der Waals surface area contributed by atoms with Crippen molar-refractivity contribution >= 4 is 12.0 Å². The maximum Gasteiger partial charge on any atom is 0.334 e. The molecule has 0 aliphatic rings. The Morgan fingerprint density at radius 1 is 1.25 bits per heavy atom. The van der Waals surface area contributed by atoms with E-state index in [9.17, 15) is 9.59 Å². The Labute approximate surface area is 118 Å². The Balaban J connectivity index is 2.42. The number of carboxylic acid groups (broad SMARTS) is 1. The van der Waals surface area contributed by atoms with Crippen LogP contribution in [0.3, 0.4) is 0 Å². The van der Waals surface area contributed by atoms with Crippen LogP contribution in [0, 0.1) is 0 Å². The maximum atomic E-state index is 11.6. The molecule has 0 radical (unpaired) electrons. The van der Waals surface area contributed by atoms with E-state index in [0.29, 0.717) is 6.54 Å². The summed E-state index contributed by atoms with van der Waals surface area (Å²) < 4.78 is 4.72. The van der Waals surface area contributed by atoms with Crippen LogP contribution >= 0.6 is 0 Å². The van der Waals surface area contributed by atoms with E-state index in [1.165, 1.54) is 12.7 Å². The lowest BCUT2D eigenvalue weighted by molar-refractivity contribution is -0.147. The third kappa shape index (κ3) is 4.89. The van der Waals surface area contributed by atoms with E-state index in [4.69, 9.17) is 9.84 Å². The summed E-state index contributed by atoms with van der Waals surface area (Å²) in [5.74, 6) is -1.11. The standard InChI is InChI=1S/C14H20N2O4/c1-3-10-6-4-5-7-11(10)8-15-14(19)16-9-12(20-2)13(17)18/h4-7,12H,3,8-9H2,1-2H3,(H,17,18)(H2,15,16,19). The molecule has 0 saturated carbocycles. The first kappa shape index (κ1) is 16.0. The van der Waals surface area contributed by atoms with Crippen molar-refractivity contribution in [1.29, 1.82) is 0 Å². The summed E-state index contributed by atoms with van der Waals surface area (Å²) in [5, 5.41) is 13.9. The lowest BCUT2D eigenvalue weighted by Crippen LogP contribution is -2.42. The summed E-state index contributed by atoms with van der Waals surface area (Å²) in [6, 6.07) is 7.42. The molecule has 110 valence electrons. The monoisotopic (exact) mass is 280 g/mol. The van der Waals surface area contributed by atoms with Crippen LogP contribution in [0.4, 0.5) is 4.79 Å². The van der Waals surface area contributed by atoms with Crippen LogP contribution in [0.2, 0.25) is 0 Å². The fourth-order valence-electron chi connectivity index (χ4n) is 1.77. The number of carbonyl (C=O) groups excluding carboxylic acids is 1. The van der Waals surface area contributed by atoms with Gasteiger partial charge in [-0.2, -0.15) is 0 Å². The van der Waals surface area contributed by atoms with E-state index in [0.717, 1.165) is 12.0 Å². The van der Waals surface area contributed by atoms with Crippen LogP contribution in [0.5, 0.6) is 0 Å². The predicted octanol–water partition coefficient (Wildman–Crippen LogP) is 1.15. The number of urea groups is 1. The van der Waals surface area contributed by atoms with Crippen molar-refractivity contribution in [3.63, 3.8) is 0 Å². The quantitative estimate of drug-likeness (QED) is 0.699. The van der Waals surface area contributed by atoms with Crippen molar-refractivity contribution in [3.8, 4) is 0 Å². The molecule has 1 aromatic rings. The maximum absolute atomic E-state index is 11.6. The second-order valence-corrected chi connectivity index (χ2v) is 4.25. The summed E-state index contributed by atoms with van der Waals surface area (Å²) in [7, 11) is 1.29. The molecule has 1 aromatic carbocycles. The third-order valence-electron chi connectivity index (χ3n) is 2.95. The molecule has 0 spiro atoms. The van der Waals surface area contributed by atoms with Gasteiger partial charge >= 0.3 is 12.0 Å². The topological polar surface area (TPSA) is 87.7 Å². The molecule has 0 fully saturated rings. The zero-order valence-electron chi connectivity index (χ0n) is 11.7. The first-order valence-electron chi connectivity index (χ1n) is 6.42. The van der Waals surface area contributed by atoms with Crippen LogP contribution in [-0.4, -0.2) is 36.9 Å². The molecular weight excluding hydrogens is 260 g/mol. The highest BCUT2D eigenvalue weighted by molar-refractivity contribution is 5.76. The van der Waals surface area contributed by atoms with Gasteiger partial charge in [0.15, 0.2) is 6.10 Å². The first-order valence-corrected chi connectivity index (χ1v) is 6.42. The van der Waals surface area contributed by atoms with Crippen LogP contribution in [-0.2, 0) is 22.5 Å². The van der Waals surface area contributed by atoms with Gasteiger partial charge in [-0.15, -0.1) is 0 Å². The van der Waals surface area contributed by atoms with E-state index in [1.807, 2.05) is 24.3 Å². The van der Waals surface area contributed by atoms with Crippen molar-refractivity contribution in [1.82, 2.24) is 10.6 Å². The van der Waals surface area contributed by atoms with Crippen LogP contribution in [0.25, 0.3) is 0 Å². The fourth-order valence-corrected chi connectivity index (χ4v) is 1.77. The number of carbonyl (C=O) groups is 2. The van der Waals surface area contributed by atoms with Crippen molar-refractivity contribution in [2.75, 3.05) is 13.7 Å². The van der Waals surface area contributed by atoms with Crippen LogP contribution < -0.4 is 10.6 Å². The summed E-state index contributed by atoms with van der Waals surface area (Å²) in [4.78, 5) is 22.3. The molecule has 0 heterocycles. The molecule has 2 amide bonds. The van der Waals surface area contributed by atoms with Crippen LogP contribution in [0.1, 0.15) is 18.1 Å². The zero-order chi connectivity index (χ0) is 15.0. The van der Waals surface area contributed by atoms with Gasteiger partial charge in [-0.3, -0.25) is 0 Å². The van der Waals surface area contributed by atoms with Gasteiger partial charge in [0, 0.05) is 13.7 Å². The molecule has 1 rings (SSSR count). The number of hydrogen-bond acceptors (Lipinski definition) is 3. The Morgan fingerprint density at radius 2 is 1.90 bits per heavy atom. The van der Waals surface area contributed by atoms with Crippen molar-refractivity contribution in [2.24, 2.45) is 0 Å². The number of benzene rings is 1. The predicted molar refractivity (Wildman–Crippen MR) is 74.5 cm³/mol. The minimum absolute atomic E-state index is 0.0763. The molecule has 0 saturated heterocycles. The van der Waals surface area contributed by atoms with Gasteiger partial charge < -0.3 is 20.5 Å². The number of carboxylic acids is 1. The van der Waals surface area contributed by atoms with Gasteiger partial charge in [0.1, 0.15) is 0 Å². The highest BCUT2D eigenvalue weighted by atomic mass is 16.5. The molecule has 1 unspecified atom stereocenters. The number of ether oxygens (including phenoxy) is 1. The lowest BCUT2D eigenvalue weighted by Gasteiger charge is -2.13. The Bertz CT molecular complexity index is 462. The fraction of sp³-hybridized carbons (Fsp3) is 0.429. The third-order valence-corrected chi connectivity index (χ3v) is 2.95. The average Bonchev–Trinajstić information content (AvgIpc) is 2.45. The number of hydrogen-bond donors (Lipinski definition) is 3. The summed E-state index contributed by atoms with van der Waals surface area (Å²) >= 11 is 0. The second-order valence-electron chi connectivity index (χ2n) is 4.25. The van der Waals surface area contributed by atoms with Crippen molar-refractivity contribution in [3.05, 3.63) is 35.4 Å². The molecule has 6 nitrogen and oxygen atoms in total. The normalized spacial score (nSPS) is 11.7. The summed E-state index contributed by atoms with van der Waals surface area (Å²) in [6.07, 6.45) is -0.145. The van der Waals surface area contributed by atoms with Gasteiger partial charge in [-0.1, -0.05) is 31.2 Å². The second kappa shape index (κ2) is 8.16. The van der Waals surface area contributed by atoms with Crippen molar-refractivity contribution < 1.29 is 19.4 Å². The molecule has 0 aliphatic heterocycles. The minimum atomic E-state index is -1.11. The van der Waals surface area contributed by atoms with Crippen LogP contribution in [0.15, 0.2) is 24.3 Å². The van der Waals surface area contributed by atoms with Gasteiger partial charge in [0.25, 0.3) is 0 Å². The SMILES string of the molecule is CCc1ccccc1CNC(=O)NCC(OC)C(=O)O. The smallest absolute Gasteiger partial charge is 0.334 e. The summed E-state index contributed by atoms with van der Waals surface area (Å²) in [6.45, 7) is 2.38. The van der Waals surface area contributed by atoms with E-state index in [2.05, 4.69) is 17.6 Å². The Morgan fingerprint density at radius 3 is 2.45 bits per heavy atom. The highest BCUT2D eigenvalue weighted by Gasteiger charge is 2.16. The van der Waals surface area contributed by atoms with Crippen molar-refractivity contribution in [2.45, 2.75) is 26.0 Å². The highest BCUT2D eigenvalue weighted by Crippen LogP contribution is 2.08. The van der Waals surface area contributed by atoms with E-state index in [1.54, 1.807) is 0 Å². The Kier molecular flexibility index (Phi) is 6.52. The van der Waals surface area contributed by atoms with E-state index >= 15 is 0 Å². The lowest BCUT2D eigenvalue weighted by atomic mass is 10.1. The van der Waals surface area contributed by atoms with Gasteiger partial charge in [-0.25, -0.2) is 9.59 Å². The van der Waals surface area contributed by atoms with Gasteiger partial charge in [0.2, 0.25) is 0 Å². The molecule has 1 atom stereocenters. The number of methoxy groups -OCH3 is 1. The molecule has 0 aliphatic carbocycles. The number of rotatable bonds is 7. The summed E-state index contributed by atoms with van der Waals surface area (Å²) in [5.41, 5.74) is 2.22.